The van der Waals surface area contributed by atoms with Gasteiger partial charge in [0.05, 0.1) is 0 Å². The molecule has 0 fully saturated rings. The molecule has 0 amide bonds. The molecule has 0 aromatic heterocycles. The summed E-state index contributed by atoms with van der Waals surface area (Å²) in [4.78, 5) is 10.4. The summed E-state index contributed by atoms with van der Waals surface area (Å²) in [7, 11) is 0. The second kappa shape index (κ2) is 4.96. The summed E-state index contributed by atoms with van der Waals surface area (Å²) in [6.07, 6.45) is 0.936. The van der Waals surface area contributed by atoms with Gasteiger partial charge in [0.25, 0.3) is 0 Å². The Morgan fingerprint density at radius 2 is 2.40 bits per heavy atom. The van der Waals surface area contributed by atoms with E-state index in [9.17, 15) is 4.79 Å². The summed E-state index contributed by atoms with van der Waals surface area (Å²) in [5, 5.41) is 0. The Labute approximate surface area is 59.8 Å². The highest BCUT2D eigenvalue weighted by Gasteiger charge is 2.03. The van der Waals surface area contributed by atoms with Crippen LogP contribution >= 0.6 is 0 Å². The first-order chi connectivity index (χ1) is 4.70. The third kappa shape index (κ3) is 4.05. The van der Waals surface area contributed by atoms with E-state index in [0.29, 0.717) is 13.0 Å². The molecule has 10 heavy (non-hydrogen) atoms. The Bertz CT molecular complexity index is 125. The molecule has 1 unspecified atom stereocenters. The Morgan fingerprint density at radius 1 is 1.80 bits per heavy atom. The average Bonchev–Trinajstić information content (AvgIpc) is 1.88. The minimum Gasteiger partial charge on any atom is -0.444 e. The molecule has 0 radical (unpaired) electrons. The number of hydrogen-bond acceptors (Lipinski definition) is 4. The van der Waals surface area contributed by atoms with Crippen LogP contribution in [0.25, 0.3) is 0 Å². The van der Waals surface area contributed by atoms with Crippen molar-refractivity contribution in [2.45, 2.75) is 12.6 Å². The van der Waals surface area contributed by atoms with Gasteiger partial charge in [-0.1, -0.05) is 6.58 Å². The first-order valence-electron chi connectivity index (χ1n) is 2.99. The maximum Gasteiger partial charge on any atom is 0.331 e. The lowest BCUT2D eigenvalue weighted by Gasteiger charge is -2.08. The molecule has 4 heteroatoms. The molecule has 0 aromatic carbocycles. The van der Waals surface area contributed by atoms with Crippen molar-refractivity contribution < 1.29 is 9.53 Å². The summed E-state index contributed by atoms with van der Waals surface area (Å²) in [6.45, 7) is 3.62. The Hall–Kier alpha value is -0.870. The molecule has 0 bridgehead atoms. The molecule has 0 heterocycles. The highest BCUT2D eigenvalue weighted by molar-refractivity contribution is 5.81. The van der Waals surface area contributed by atoms with Crippen molar-refractivity contribution in [2.75, 3.05) is 6.54 Å². The predicted molar refractivity (Wildman–Crippen MR) is 37.9 cm³/mol. The van der Waals surface area contributed by atoms with Gasteiger partial charge in [0.1, 0.15) is 0 Å². The minimum absolute atomic E-state index is 0.408. The first kappa shape index (κ1) is 9.13. The topological polar surface area (TPSA) is 78.3 Å². The molecule has 4 N–H and O–H groups in total. The summed E-state index contributed by atoms with van der Waals surface area (Å²) in [6, 6.07) is 0. The van der Waals surface area contributed by atoms with Crippen molar-refractivity contribution in [1.82, 2.24) is 0 Å². The van der Waals surface area contributed by atoms with Gasteiger partial charge in [-0.05, 0) is 6.54 Å². The number of carbonyl (C=O) groups is 1. The monoisotopic (exact) mass is 144 g/mol. The number of nitrogens with two attached hydrogens (primary N) is 2. The van der Waals surface area contributed by atoms with E-state index in [4.69, 9.17) is 11.5 Å². The Morgan fingerprint density at radius 3 is 2.80 bits per heavy atom. The highest BCUT2D eigenvalue weighted by atomic mass is 16.6. The lowest BCUT2D eigenvalue weighted by atomic mass is 10.4. The van der Waals surface area contributed by atoms with Crippen LogP contribution < -0.4 is 11.5 Å². The molecule has 0 aliphatic rings. The predicted octanol–water partition coefficient (Wildman–Crippen LogP) is -0.651. The molecule has 1 atom stereocenters. The van der Waals surface area contributed by atoms with Crippen molar-refractivity contribution in [3.8, 4) is 0 Å². The Kier molecular flexibility index (Phi) is 4.53. The fourth-order valence-corrected chi connectivity index (χ4v) is 0.420. The van der Waals surface area contributed by atoms with Crippen LogP contribution in [0.1, 0.15) is 6.42 Å². The zero-order chi connectivity index (χ0) is 7.98. The van der Waals surface area contributed by atoms with Crippen molar-refractivity contribution >= 4 is 5.97 Å². The molecular formula is C6H12N2O2. The lowest BCUT2D eigenvalue weighted by Crippen LogP contribution is -2.28. The molecule has 0 aliphatic carbocycles. The number of ether oxygens (including phenoxy) is 1. The molecule has 0 rings (SSSR count). The highest BCUT2D eigenvalue weighted by Crippen LogP contribution is 1.89. The van der Waals surface area contributed by atoms with Gasteiger partial charge in [-0.15, -0.1) is 0 Å². The van der Waals surface area contributed by atoms with Crippen LogP contribution in [0.2, 0.25) is 0 Å². The fraction of sp³-hybridized carbons (Fsp3) is 0.500. The van der Waals surface area contributed by atoms with Crippen LogP contribution in [0.15, 0.2) is 12.7 Å². The second-order valence-electron chi connectivity index (χ2n) is 1.76. The van der Waals surface area contributed by atoms with Crippen LogP contribution in [-0.2, 0) is 9.53 Å². The second-order valence-corrected chi connectivity index (χ2v) is 1.76. The van der Waals surface area contributed by atoms with E-state index in [1.165, 1.54) is 0 Å². The molecule has 0 spiro atoms. The van der Waals surface area contributed by atoms with E-state index in [2.05, 4.69) is 11.3 Å². The molecule has 0 saturated carbocycles. The van der Waals surface area contributed by atoms with Gasteiger partial charge >= 0.3 is 5.97 Å². The lowest BCUT2D eigenvalue weighted by molar-refractivity contribution is -0.142. The maximum absolute atomic E-state index is 10.4. The average molecular weight is 144 g/mol. The molecule has 0 aromatic rings. The molecule has 58 valence electrons. The van der Waals surface area contributed by atoms with E-state index in [1.807, 2.05) is 0 Å². The minimum atomic E-state index is -0.601. The smallest absolute Gasteiger partial charge is 0.331 e. The molecular weight excluding hydrogens is 132 g/mol. The van der Waals surface area contributed by atoms with Gasteiger partial charge in [0.15, 0.2) is 6.23 Å². The largest absolute Gasteiger partial charge is 0.444 e. The standard InChI is InChI=1S/C6H12N2O2/c1-2-6(9)10-5(8)3-4-7/h2,5H,1,3-4,7-8H2. The van der Waals surface area contributed by atoms with E-state index >= 15 is 0 Å². The van der Waals surface area contributed by atoms with E-state index in [-0.39, 0.29) is 0 Å². The van der Waals surface area contributed by atoms with E-state index in [0.717, 1.165) is 6.08 Å². The molecule has 4 nitrogen and oxygen atoms in total. The van der Waals surface area contributed by atoms with Gasteiger partial charge in [-0.2, -0.15) is 0 Å². The van der Waals surface area contributed by atoms with E-state index < -0.39 is 12.2 Å². The molecule has 0 saturated heterocycles. The van der Waals surface area contributed by atoms with Crippen LogP contribution in [0, 0.1) is 0 Å². The zero-order valence-electron chi connectivity index (χ0n) is 5.75. The van der Waals surface area contributed by atoms with E-state index in [1.54, 1.807) is 0 Å². The summed E-state index contributed by atoms with van der Waals surface area (Å²) in [5.41, 5.74) is 10.4. The van der Waals surface area contributed by atoms with Gasteiger partial charge in [0.2, 0.25) is 0 Å². The number of carbonyl (C=O) groups excluding carboxylic acids is 1. The third-order valence-electron chi connectivity index (χ3n) is 0.885. The van der Waals surface area contributed by atoms with Crippen LogP contribution in [0.4, 0.5) is 0 Å². The normalized spacial score (nSPS) is 12.2. The molecule has 0 aliphatic heterocycles. The Balaban J connectivity index is 3.46. The number of hydrogen-bond donors (Lipinski definition) is 2. The summed E-state index contributed by atoms with van der Waals surface area (Å²) >= 11 is 0. The van der Waals surface area contributed by atoms with Crippen LogP contribution in [0.5, 0.6) is 0 Å². The summed E-state index contributed by atoms with van der Waals surface area (Å²) in [5.74, 6) is -0.513. The summed E-state index contributed by atoms with van der Waals surface area (Å²) < 4.78 is 4.58. The fourth-order valence-electron chi connectivity index (χ4n) is 0.420. The quantitative estimate of drug-likeness (QED) is 0.312. The van der Waals surface area contributed by atoms with Gasteiger partial charge in [-0.25, -0.2) is 4.79 Å². The van der Waals surface area contributed by atoms with Gasteiger partial charge < -0.3 is 10.5 Å². The SMILES string of the molecule is C=CC(=O)OC(N)CCN. The maximum atomic E-state index is 10.4. The number of rotatable bonds is 4. The zero-order valence-corrected chi connectivity index (χ0v) is 5.75. The van der Waals surface area contributed by atoms with Crippen molar-refractivity contribution in [1.29, 1.82) is 0 Å². The van der Waals surface area contributed by atoms with Gasteiger partial charge in [0, 0.05) is 12.5 Å². The van der Waals surface area contributed by atoms with Crippen LogP contribution in [-0.4, -0.2) is 18.7 Å². The first-order valence-corrected chi connectivity index (χ1v) is 2.99. The third-order valence-corrected chi connectivity index (χ3v) is 0.885. The van der Waals surface area contributed by atoms with Crippen LogP contribution in [0.3, 0.4) is 0 Å². The number of esters is 1. The van der Waals surface area contributed by atoms with Crippen molar-refractivity contribution in [3.63, 3.8) is 0 Å². The van der Waals surface area contributed by atoms with Gasteiger partial charge in [-0.3, -0.25) is 5.73 Å². The van der Waals surface area contributed by atoms with Crippen molar-refractivity contribution in [3.05, 3.63) is 12.7 Å². The van der Waals surface area contributed by atoms with Crippen molar-refractivity contribution in [2.24, 2.45) is 11.5 Å².